The van der Waals surface area contributed by atoms with E-state index in [1.54, 1.807) is 77.6 Å². The number of anilines is 4. The van der Waals surface area contributed by atoms with E-state index in [9.17, 15) is 4.79 Å². The summed E-state index contributed by atoms with van der Waals surface area (Å²) in [5.41, 5.74) is 6.32. The summed E-state index contributed by atoms with van der Waals surface area (Å²) in [5.74, 6) is 4.37. The van der Waals surface area contributed by atoms with Crippen molar-refractivity contribution < 1.29 is 14.3 Å². The van der Waals surface area contributed by atoms with E-state index < -0.39 is 0 Å². The predicted octanol–water partition coefficient (Wildman–Crippen LogP) is 11.0. The summed E-state index contributed by atoms with van der Waals surface area (Å²) in [4.78, 5) is 54.2. The maximum atomic E-state index is 13.0. The largest absolute Gasteiger partial charge is 0.497 e. The van der Waals surface area contributed by atoms with Gasteiger partial charge in [-0.05, 0) is 90.5 Å². The molecule has 0 bridgehead atoms. The van der Waals surface area contributed by atoms with Gasteiger partial charge in [-0.1, -0.05) is 47.5 Å². The van der Waals surface area contributed by atoms with E-state index in [2.05, 4.69) is 30.6 Å². The number of nitrogens with zero attached hydrogens (tertiary/aromatic N) is 10. The number of ether oxygens (including phenoxy) is 2. The van der Waals surface area contributed by atoms with Gasteiger partial charge in [0.15, 0.2) is 11.6 Å². The zero-order chi connectivity index (χ0) is 46.4. The molecule has 3 N–H and O–H groups in total. The number of amides is 1. The number of methoxy groups -OCH3 is 2. The van der Waals surface area contributed by atoms with Gasteiger partial charge >= 0.3 is 6.03 Å². The highest BCUT2D eigenvalue weighted by molar-refractivity contribution is 6.31. The van der Waals surface area contributed by atoms with Crippen molar-refractivity contribution in [3.63, 3.8) is 0 Å². The Bertz CT molecular complexity index is 3350. The van der Waals surface area contributed by atoms with Gasteiger partial charge in [0.05, 0.1) is 42.8 Å². The SMILES string of the molecule is COc1ccc2nc(-c3cccnc3)nc(Nc3nc(-c4ccc(Cl)cc4)cn3C(=O)N(C)C)c2c1.COc1ccc2nc(-c3cccnc3)nc(Nc3ncc(-c4ccc(Cl)cc4)[nH]3)c2c1. The molecule has 6 aromatic heterocycles. The van der Waals surface area contributed by atoms with Crippen LogP contribution in [-0.4, -0.2) is 88.7 Å². The molecule has 0 saturated carbocycles. The first-order valence-electron chi connectivity index (χ1n) is 20.6. The summed E-state index contributed by atoms with van der Waals surface area (Å²) in [7, 11) is 6.59. The molecule has 10 rings (SSSR count). The molecule has 0 fully saturated rings. The molecule has 0 saturated heterocycles. The number of halogens is 2. The molecule has 0 aliphatic rings. The topological polar surface area (TPSA) is 187 Å². The van der Waals surface area contributed by atoms with Gasteiger partial charge < -0.3 is 30.0 Å². The summed E-state index contributed by atoms with van der Waals surface area (Å²) in [6.07, 6.45) is 10.3. The minimum atomic E-state index is -0.270. The molecule has 4 aromatic carbocycles. The van der Waals surface area contributed by atoms with E-state index in [4.69, 9.17) is 57.6 Å². The number of aromatic amines is 1. The number of imidazole rings is 2. The molecule has 6 heterocycles. The van der Waals surface area contributed by atoms with Crippen molar-refractivity contribution in [3.05, 3.63) is 156 Å². The molecule has 0 aliphatic heterocycles. The Morgan fingerprint density at radius 2 is 1.16 bits per heavy atom. The van der Waals surface area contributed by atoms with Crippen LogP contribution in [0.1, 0.15) is 0 Å². The maximum Gasteiger partial charge on any atom is 0.330 e. The number of hydrogen-bond acceptors (Lipinski definition) is 13. The maximum absolute atomic E-state index is 13.0. The standard InChI is InChI=1S/C26H22ClN7O2.C23H17ClN6O/c1-33(2)26(35)34-15-22(16-6-8-18(27)9-7-16)30-25(34)32-24-20-13-19(36-3)10-11-21(20)29-23(31-24)17-5-4-12-28-14-17;1-31-17-8-9-19-18(11-17)22(29-21(27-19)15-3-2-10-25-12-15)30-23-26-13-20(28-23)14-4-6-16(24)7-5-14/h4-15H,1-3H3,(H,29,30,31,32);2-13H,1H3,(H2,26,27,28,29,30). The Hall–Kier alpha value is -8.47. The van der Waals surface area contributed by atoms with Crippen molar-refractivity contribution in [2.75, 3.05) is 38.9 Å². The zero-order valence-corrected chi connectivity index (χ0v) is 37.8. The average molecular weight is 929 g/mol. The van der Waals surface area contributed by atoms with E-state index in [1.807, 2.05) is 97.1 Å². The molecule has 0 spiro atoms. The Balaban J connectivity index is 0.000000170. The lowest BCUT2D eigenvalue weighted by molar-refractivity contribution is 0.219. The summed E-state index contributed by atoms with van der Waals surface area (Å²) < 4.78 is 12.3. The minimum Gasteiger partial charge on any atom is -0.497 e. The number of H-pyrrole nitrogens is 1. The van der Waals surface area contributed by atoms with Gasteiger partial charge in [0.25, 0.3) is 0 Å². The number of pyridine rings is 2. The van der Waals surface area contributed by atoms with E-state index in [0.717, 1.165) is 44.6 Å². The van der Waals surface area contributed by atoms with Crippen LogP contribution in [0.4, 0.5) is 28.3 Å². The smallest absolute Gasteiger partial charge is 0.330 e. The molecule has 332 valence electrons. The number of fused-ring (bicyclic) bond motifs is 2. The van der Waals surface area contributed by atoms with Gasteiger partial charge in [0.2, 0.25) is 11.9 Å². The Morgan fingerprint density at radius 3 is 1.67 bits per heavy atom. The first-order chi connectivity index (χ1) is 32.6. The van der Waals surface area contributed by atoms with Gasteiger partial charge in [-0.3, -0.25) is 9.97 Å². The zero-order valence-electron chi connectivity index (χ0n) is 36.3. The van der Waals surface area contributed by atoms with Crippen LogP contribution in [0, 0.1) is 0 Å². The molecule has 0 aliphatic carbocycles. The highest BCUT2D eigenvalue weighted by atomic mass is 35.5. The van der Waals surface area contributed by atoms with Crippen LogP contribution in [0.5, 0.6) is 11.5 Å². The van der Waals surface area contributed by atoms with Crippen LogP contribution in [0.2, 0.25) is 10.0 Å². The molecule has 0 atom stereocenters. The Morgan fingerprint density at radius 1 is 0.627 bits per heavy atom. The Labute approximate surface area is 393 Å². The highest BCUT2D eigenvalue weighted by Gasteiger charge is 2.20. The summed E-state index contributed by atoms with van der Waals surface area (Å²) >= 11 is 12.0. The molecule has 16 nitrogen and oxygen atoms in total. The van der Waals surface area contributed by atoms with Crippen molar-refractivity contribution in [1.29, 1.82) is 0 Å². The quantitative estimate of drug-likeness (QED) is 0.118. The monoisotopic (exact) mass is 927 g/mol. The fourth-order valence-corrected chi connectivity index (χ4v) is 7.13. The lowest BCUT2D eigenvalue weighted by Gasteiger charge is -2.15. The van der Waals surface area contributed by atoms with Crippen molar-refractivity contribution in [1.82, 2.24) is 54.3 Å². The third-order valence-electron chi connectivity index (χ3n) is 10.3. The molecular weight excluding hydrogens is 890 g/mol. The van der Waals surface area contributed by atoms with Crippen LogP contribution in [-0.2, 0) is 0 Å². The van der Waals surface area contributed by atoms with Crippen LogP contribution in [0.3, 0.4) is 0 Å². The second kappa shape index (κ2) is 19.3. The van der Waals surface area contributed by atoms with Crippen molar-refractivity contribution in [3.8, 4) is 56.8 Å². The molecule has 0 radical (unpaired) electrons. The number of nitrogens with one attached hydrogen (secondary N) is 3. The summed E-state index contributed by atoms with van der Waals surface area (Å²) in [6, 6.07) is 33.2. The van der Waals surface area contributed by atoms with Gasteiger partial charge in [0, 0.05) is 82.6 Å². The first kappa shape index (κ1) is 43.8. The van der Waals surface area contributed by atoms with Crippen LogP contribution in [0.25, 0.3) is 67.1 Å². The molecule has 18 heteroatoms. The van der Waals surface area contributed by atoms with Gasteiger partial charge in [-0.2, -0.15) is 0 Å². The third kappa shape index (κ3) is 9.80. The number of benzene rings is 4. The number of rotatable bonds is 10. The van der Waals surface area contributed by atoms with Crippen LogP contribution < -0.4 is 20.1 Å². The van der Waals surface area contributed by atoms with E-state index in [1.165, 1.54) is 9.47 Å². The van der Waals surface area contributed by atoms with Crippen LogP contribution >= 0.6 is 23.2 Å². The molecular formula is C49H39Cl2N13O3. The predicted molar refractivity (Wildman–Crippen MR) is 261 cm³/mol. The third-order valence-corrected chi connectivity index (χ3v) is 10.8. The van der Waals surface area contributed by atoms with Crippen molar-refractivity contribution >= 4 is 74.6 Å². The lowest BCUT2D eigenvalue weighted by Crippen LogP contribution is -2.27. The second-order valence-corrected chi connectivity index (χ2v) is 15.8. The normalized spacial score (nSPS) is 10.9. The fourth-order valence-electron chi connectivity index (χ4n) is 6.88. The van der Waals surface area contributed by atoms with E-state index in [-0.39, 0.29) is 6.03 Å². The Kier molecular flexibility index (Phi) is 12.6. The summed E-state index contributed by atoms with van der Waals surface area (Å²) in [6.45, 7) is 0. The lowest BCUT2D eigenvalue weighted by atomic mass is 10.2. The molecule has 0 unspecified atom stereocenters. The average Bonchev–Trinajstić information content (AvgIpc) is 4.02. The minimum absolute atomic E-state index is 0.270. The van der Waals surface area contributed by atoms with E-state index in [0.29, 0.717) is 67.6 Å². The summed E-state index contributed by atoms with van der Waals surface area (Å²) in [5, 5.41) is 9.38. The number of hydrogen-bond donors (Lipinski definition) is 3. The van der Waals surface area contributed by atoms with E-state index >= 15 is 0 Å². The fraction of sp³-hybridized carbons (Fsp3) is 0.0816. The number of aromatic nitrogens is 10. The number of carbonyl (C=O) groups is 1. The van der Waals surface area contributed by atoms with Crippen molar-refractivity contribution in [2.24, 2.45) is 0 Å². The molecule has 10 aromatic rings. The number of carbonyl (C=O) groups excluding carboxylic acids is 1. The molecule has 67 heavy (non-hydrogen) atoms. The van der Waals surface area contributed by atoms with Gasteiger partial charge in [-0.15, -0.1) is 0 Å². The van der Waals surface area contributed by atoms with Gasteiger partial charge in [-0.25, -0.2) is 39.3 Å². The molecule has 1 amide bonds. The second-order valence-electron chi connectivity index (χ2n) is 14.9. The van der Waals surface area contributed by atoms with Crippen molar-refractivity contribution in [2.45, 2.75) is 0 Å². The van der Waals surface area contributed by atoms with Gasteiger partial charge in [0.1, 0.15) is 23.1 Å². The highest BCUT2D eigenvalue weighted by Crippen LogP contribution is 2.33. The van der Waals surface area contributed by atoms with Crippen LogP contribution in [0.15, 0.2) is 146 Å². The first-order valence-corrected chi connectivity index (χ1v) is 21.3.